The molecule has 1 N–H and O–H groups in total. The molecule has 0 unspecified atom stereocenters. The van der Waals surface area contributed by atoms with E-state index in [-0.39, 0.29) is 28.8 Å². The summed E-state index contributed by atoms with van der Waals surface area (Å²) in [6.45, 7) is 3.33. The van der Waals surface area contributed by atoms with Gasteiger partial charge in [0.15, 0.2) is 0 Å². The lowest BCUT2D eigenvalue weighted by molar-refractivity contribution is 0.0124. The van der Waals surface area contributed by atoms with Gasteiger partial charge in [-0.1, -0.05) is 35.9 Å². The van der Waals surface area contributed by atoms with Gasteiger partial charge in [0.1, 0.15) is 11.8 Å². The predicted octanol–water partition coefficient (Wildman–Crippen LogP) is 6.07. The number of aromatic nitrogens is 2. The first-order valence-electron chi connectivity index (χ1n) is 8.93. The molecule has 0 spiro atoms. The van der Waals surface area contributed by atoms with Crippen molar-refractivity contribution in [2.45, 2.75) is 39.0 Å². The number of halogens is 4. The Labute approximate surface area is 166 Å². The Morgan fingerprint density at radius 1 is 1.03 bits per heavy atom. The average Bonchev–Trinajstić information content (AvgIpc) is 3.08. The summed E-state index contributed by atoms with van der Waals surface area (Å²) < 4.78 is 55.7. The highest BCUT2D eigenvalue weighted by Crippen LogP contribution is 2.36. The summed E-state index contributed by atoms with van der Waals surface area (Å²) in [5.41, 5.74) is 2.65. The first kappa shape index (κ1) is 20.6. The maximum absolute atomic E-state index is 14.1. The third-order valence-electron chi connectivity index (χ3n) is 4.68. The SMILES string of the molecule is Cc1cc(Cc2cc(C(C)(F)F)ccc2C(C)(F)F)cc(-c2cn[nH]c2C#N)c1. The Balaban J connectivity index is 2.09. The topological polar surface area (TPSA) is 52.5 Å². The molecule has 0 aliphatic heterocycles. The number of aromatic amines is 1. The molecule has 150 valence electrons. The van der Waals surface area contributed by atoms with Crippen LogP contribution in [0.15, 0.2) is 42.6 Å². The summed E-state index contributed by atoms with van der Waals surface area (Å²) in [6, 6.07) is 10.7. The van der Waals surface area contributed by atoms with Gasteiger partial charge in [-0.15, -0.1) is 0 Å². The van der Waals surface area contributed by atoms with Crippen LogP contribution in [-0.4, -0.2) is 10.2 Å². The summed E-state index contributed by atoms with van der Waals surface area (Å²) in [6.07, 6.45) is 1.57. The van der Waals surface area contributed by atoms with E-state index < -0.39 is 11.8 Å². The van der Waals surface area contributed by atoms with Crippen molar-refractivity contribution >= 4 is 0 Å². The summed E-state index contributed by atoms with van der Waals surface area (Å²) in [5, 5.41) is 15.7. The van der Waals surface area contributed by atoms with Gasteiger partial charge >= 0.3 is 0 Å². The zero-order chi connectivity index (χ0) is 21.4. The fourth-order valence-electron chi connectivity index (χ4n) is 3.37. The highest BCUT2D eigenvalue weighted by molar-refractivity contribution is 5.69. The Bertz CT molecular complexity index is 1080. The van der Waals surface area contributed by atoms with Crippen LogP contribution in [0.1, 0.15) is 47.4 Å². The number of aryl methyl sites for hydroxylation is 1. The molecule has 29 heavy (non-hydrogen) atoms. The molecule has 0 amide bonds. The first-order valence-corrected chi connectivity index (χ1v) is 8.93. The number of benzene rings is 2. The Kier molecular flexibility index (Phi) is 5.22. The van der Waals surface area contributed by atoms with Crippen molar-refractivity contribution in [2.75, 3.05) is 0 Å². The molecule has 3 rings (SSSR count). The van der Waals surface area contributed by atoms with Gasteiger partial charge in [0.2, 0.25) is 0 Å². The predicted molar refractivity (Wildman–Crippen MR) is 102 cm³/mol. The molecule has 0 fully saturated rings. The number of nitriles is 1. The second-order valence-corrected chi connectivity index (χ2v) is 7.30. The standard InChI is InChI=1S/C22H19F4N3/c1-13-6-14(8-15(7-13)18-12-28-29-20(18)11-27)9-16-10-17(21(2,23)24)4-5-19(16)22(3,25)26/h4-8,10,12H,9H2,1-3H3,(H,28,29). The lowest BCUT2D eigenvalue weighted by atomic mass is 9.91. The van der Waals surface area contributed by atoms with Crippen LogP contribution in [0.25, 0.3) is 11.1 Å². The highest BCUT2D eigenvalue weighted by Gasteiger charge is 2.31. The normalized spacial score (nSPS) is 12.1. The highest BCUT2D eigenvalue weighted by atomic mass is 19.3. The lowest BCUT2D eigenvalue weighted by Crippen LogP contribution is -2.14. The van der Waals surface area contributed by atoms with Gasteiger partial charge in [0, 0.05) is 30.5 Å². The molecule has 0 atom stereocenters. The molecule has 0 saturated carbocycles. The quantitative estimate of drug-likeness (QED) is 0.528. The van der Waals surface area contributed by atoms with Gasteiger partial charge in [0.05, 0.1) is 6.20 Å². The largest absolute Gasteiger partial charge is 0.270 e. The van der Waals surface area contributed by atoms with Crippen LogP contribution in [0.2, 0.25) is 0 Å². The second kappa shape index (κ2) is 7.36. The molecule has 1 aromatic heterocycles. The second-order valence-electron chi connectivity index (χ2n) is 7.30. The Hall–Kier alpha value is -3.14. The van der Waals surface area contributed by atoms with Gasteiger partial charge in [0.25, 0.3) is 11.8 Å². The Morgan fingerprint density at radius 2 is 1.76 bits per heavy atom. The van der Waals surface area contributed by atoms with E-state index in [1.165, 1.54) is 6.20 Å². The number of H-pyrrole nitrogens is 1. The van der Waals surface area contributed by atoms with Crippen molar-refractivity contribution in [2.24, 2.45) is 0 Å². The fourth-order valence-corrected chi connectivity index (χ4v) is 3.37. The van der Waals surface area contributed by atoms with Crippen LogP contribution in [0.5, 0.6) is 0 Å². The van der Waals surface area contributed by atoms with Crippen LogP contribution in [0.4, 0.5) is 17.6 Å². The zero-order valence-corrected chi connectivity index (χ0v) is 16.2. The van der Waals surface area contributed by atoms with Crippen LogP contribution in [0.3, 0.4) is 0 Å². The number of hydrogen-bond acceptors (Lipinski definition) is 2. The van der Waals surface area contributed by atoms with Crippen molar-refractivity contribution in [3.63, 3.8) is 0 Å². The van der Waals surface area contributed by atoms with Crippen LogP contribution in [0, 0.1) is 18.3 Å². The van der Waals surface area contributed by atoms with E-state index in [1.54, 1.807) is 6.07 Å². The van der Waals surface area contributed by atoms with Gasteiger partial charge in [-0.25, -0.2) is 17.6 Å². The molecule has 7 heteroatoms. The van der Waals surface area contributed by atoms with E-state index in [4.69, 9.17) is 0 Å². The molecule has 0 saturated heterocycles. The molecule has 0 bridgehead atoms. The summed E-state index contributed by atoms with van der Waals surface area (Å²) in [7, 11) is 0. The molecule has 0 radical (unpaired) electrons. The van der Waals surface area contributed by atoms with Crippen molar-refractivity contribution in [1.29, 1.82) is 5.26 Å². The minimum Gasteiger partial charge on any atom is -0.267 e. The third-order valence-corrected chi connectivity index (χ3v) is 4.68. The maximum Gasteiger partial charge on any atom is 0.270 e. The number of nitrogens with one attached hydrogen (secondary N) is 1. The average molecular weight is 401 g/mol. The number of hydrogen-bond donors (Lipinski definition) is 1. The zero-order valence-electron chi connectivity index (χ0n) is 16.2. The molecule has 0 aliphatic rings. The van der Waals surface area contributed by atoms with Crippen molar-refractivity contribution < 1.29 is 17.6 Å². The minimum absolute atomic E-state index is 0.0527. The molecule has 3 aromatic rings. The molecule has 1 heterocycles. The van der Waals surface area contributed by atoms with E-state index in [2.05, 4.69) is 10.2 Å². The van der Waals surface area contributed by atoms with E-state index in [1.807, 2.05) is 25.1 Å². The summed E-state index contributed by atoms with van der Waals surface area (Å²) in [4.78, 5) is 0. The minimum atomic E-state index is -3.16. The maximum atomic E-state index is 14.1. The van der Waals surface area contributed by atoms with Crippen LogP contribution < -0.4 is 0 Å². The van der Waals surface area contributed by atoms with Crippen LogP contribution in [-0.2, 0) is 18.3 Å². The van der Waals surface area contributed by atoms with Gasteiger partial charge in [-0.2, -0.15) is 10.4 Å². The molecule has 3 nitrogen and oxygen atoms in total. The summed E-state index contributed by atoms with van der Waals surface area (Å²) >= 11 is 0. The van der Waals surface area contributed by atoms with Gasteiger partial charge in [-0.05, 0) is 36.1 Å². The smallest absolute Gasteiger partial charge is 0.267 e. The van der Waals surface area contributed by atoms with Gasteiger partial charge < -0.3 is 0 Å². The van der Waals surface area contributed by atoms with E-state index >= 15 is 0 Å². The number of nitrogens with zero attached hydrogens (tertiary/aromatic N) is 2. The number of alkyl halides is 4. The first-order chi connectivity index (χ1) is 13.5. The molecule has 2 aromatic carbocycles. The van der Waals surface area contributed by atoms with Crippen LogP contribution >= 0.6 is 0 Å². The fraction of sp³-hybridized carbons (Fsp3) is 0.273. The summed E-state index contributed by atoms with van der Waals surface area (Å²) in [5.74, 6) is -6.30. The lowest BCUT2D eigenvalue weighted by Gasteiger charge is -2.20. The molecular formula is C22H19F4N3. The Morgan fingerprint density at radius 3 is 2.38 bits per heavy atom. The van der Waals surface area contributed by atoms with Crippen molar-refractivity contribution in [1.82, 2.24) is 10.2 Å². The van der Waals surface area contributed by atoms with E-state index in [0.717, 1.165) is 37.6 Å². The van der Waals surface area contributed by atoms with E-state index in [0.29, 0.717) is 16.7 Å². The van der Waals surface area contributed by atoms with Gasteiger partial charge in [-0.3, -0.25) is 5.10 Å². The van der Waals surface area contributed by atoms with Crippen molar-refractivity contribution in [3.05, 3.63) is 76.1 Å². The monoisotopic (exact) mass is 401 g/mol. The molecular weight excluding hydrogens is 382 g/mol. The third kappa shape index (κ3) is 4.48. The molecule has 0 aliphatic carbocycles. The van der Waals surface area contributed by atoms with Crippen molar-refractivity contribution in [3.8, 4) is 17.2 Å². The van der Waals surface area contributed by atoms with E-state index in [9.17, 15) is 22.8 Å². The number of rotatable bonds is 5.